The Hall–Kier alpha value is -2.22. The number of carbonyl (C=O) groups excluding carboxylic acids is 1. The summed E-state index contributed by atoms with van der Waals surface area (Å²) in [6.45, 7) is 2.14. The SMILES string of the molecule is CCc1cccc2c1CC(Nc1ccc([C@H](N(C)C(=O)C3CCSCC3)C(F)(F)F)nc1)C2. The van der Waals surface area contributed by atoms with Crippen molar-refractivity contribution < 1.29 is 18.0 Å². The van der Waals surface area contributed by atoms with Crippen LogP contribution in [0.15, 0.2) is 36.5 Å². The molecule has 0 spiro atoms. The number of hydrogen-bond acceptors (Lipinski definition) is 4. The first-order valence-electron chi connectivity index (χ1n) is 11.5. The fraction of sp³-hybridized carbons (Fsp3) is 0.520. The van der Waals surface area contributed by atoms with Crippen LogP contribution in [0.25, 0.3) is 0 Å². The topological polar surface area (TPSA) is 45.2 Å². The highest BCUT2D eigenvalue weighted by atomic mass is 32.2. The van der Waals surface area contributed by atoms with Crippen LogP contribution < -0.4 is 5.32 Å². The number of fused-ring (bicyclic) bond motifs is 1. The lowest BCUT2D eigenvalue weighted by Crippen LogP contribution is -2.43. The normalized spacial score (nSPS) is 19.7. The summed E-state index contributed by atoms with van der Waals surface area (Å²) in [5, 5.41) is 3.42. The van der Waals surface area contributed by atoms with Crippen LogP contribution >= 0.6 is 11.8 Å². The molecule has 2 aliphatic rings. The molecule has 2 heterocycles. The largest absolute Gasteiger partial charge is 0.414 e. The van der Waals surface area contributed by atoms with E-state index >= 15 is 0 Å². The van der Waals surface area contributed by atoms with Crippen LogP contribution in [-0.2, 0) is 24.1 Å². The molecule has 1 unspecified atom stereocenters. The van der Waals surface area contributed by atoms with Crippen molar-refractivity contribution in [3.8, 4) is 0 Å². The molecule has 0 bridgehead atoms. The number of halogens is 3. The minimum atomic E-state index is -4.60. The maximum Gasteiger partial charge on any atom is 0.414 e. The van der Waals surface area contributed by atoms with Crippen LogP contribution in [0.5, 0.6) is 0 Å². The van der Waals surface area contributed by atoms with E-state index < -0.39 is 18.1 Å². The van der Waals surface area contributed by atoms with E-state index in [0.717, 1.165) is 35.7 Å². The van der Waals surface area contributed by atoms with Gasteiger partial charge in [0.15, 0.2) is 6.04 Å². The van der Waals surface area contributed by atoms with E-state index in [1.165, 1.54) is 36.0 Å². The predicted molar refractivity (Wildman–Crippen MR) is 126 cm³/mol. The average Bonchev–Trinajstić information content (AvgIpc) is 3.22. The van der Waals surface area contributed by atoms with Gasteiger partial charge in [0.05, 0.1) is 17.6 Å². The fourth-order valence-electron chi connectivity index (χ4n) is 4.99. The van der Waals surface area contributed by atoms with Crippen molar-refractivity contribution >= 4 is 23.4 Å². The van der Waals surface area contributed by atoms with Gasteiger partial charge in [-0.1, -0.05) is 25.1 Å². The van der Waals surface area contributed by atoms with Crippen molar-refractivity contribution in [3.63, 3.8) is 0 Å². The molecule has 1 aliphatic heterocycles. The number of aromatic nitrogens is 1. The number of aryl methyl sites for hydroxylation is 1. The van der Waals surface area contributed by atoms with Crippen LogP contribution in [0.3, 0.4) is 0 Å². The van der Waals surface area contributed by atoms with Gasteiger partial charge in [0, 0.05) is 19.0 Å². The zero-order chi connectivity index (χ0) is 23.6. The monoisotopic (exact) mass is 477 g/mol. The van der Waals surface area contributed by atoms with Gasteiger partial charge in [-0.25, -0.2) is 0 Å². The lowest BCUT2D eigenvalue weighted by Gasteiger charge is -2.33. The Bertz CT molecular complexity index is 974. The number of carbonyl (C=O) groups is 1. The molecular weight excluding hydrogens is 447 g/mol. The molecule has 4 nitrogen and oxygen atoms in total. The van der Waals surface area contributed by atoms with E-state index in [-0.39, 0.29) is 17.7 Å². The van der Waals surface area contributed by atoms with Gasteiger partial charge in [-0.15, -0.1) is 0 Å². The first-order valence-corrected chi connectivity index (χ1v) is 12.7. The van der Waals surface area contributed by atoms with Crippen molar-refractivity contribution in [3.05, 3.63) is 58.9 Å². The number of amides is 1. The summed E-state index contributed by atoms with van der Waals surface area (Å²) in [6.07, 6.45) is 0.857. The molecule has 1 aliphatic carbocycles. The number of thioether (sulfide) groups is 1. The Morgan fingerprint density at radius 2 is 1.97 bits per heavy atom. The average molecular weight is 478 g/mol. The van der Waals surface area contributed by atoms with Gasteiger partial charge in [0.1, 0.15) is 0 Å². The third-order valence-corrected chi connectivity index (χ3v) is 7.77. The van der Waals surface area contributed by atoms with Crippen LogP contribution in [-0.4, -0.2) is 46.6 Å². The number of nitrogens with zero attached hydrogens (tertiary/aromatic N) is 2. The third kappa shape index (κ3) is 5.31. The molecule has 8 heteroatoms. The van der Waals surface area contributed by atoms with E-state index in [1.807, 2.05) is 0 Å². The van der Waals surface area contributed by atoms with Crippen molar-refractivity contribution in [2.45, 2.75) is 57.3 Å². The number of alkyl halides is 3. The van der Waals surface area contributed by atoms with Gasteiger partial charge in [0.25, 0.3) is 0 Å². The minimum absolute atomic E-state index is 0.155. The molecule has 4 rings (SSSR count). The summed E-state index contributed by atoms with van der Waals surface area (Å²) in [4.78, 5) is 17.8. The zero-order valence-electron chi connectivity index (χ0n) is 19.0. The molecule has 2 aromatic rings. The number of hydrogen-bond donors (Lipinski definition) is 1. The summed E-state index contributed by atoms with van der Waals surface area (Å²) in [5.74, 6) is 0.824. The molecule has 0 radical (unpaired) electrons. The quantitative estimate of drug-likeness (QED) is 0.603. The molecule has 1 aromatic heterocycles. The summed E-state index contributed by atoms with van der Waals surface area (Å²) >= 11 is 1.74. The maximum absolute atomic E-state index is 14.0. The molecule has 2 atom stereocenters. The Balaban J connectivity index is 1.46. The maximum atomic E-state index is 14.0. The molecular formula is C25H30F3N3OS. The van der Waals surface area contributed by atoms with Gasteiger partial charge < -0.3 is 10.2 Å². The molecule has 1 aromatic carbocycles. The van der Waals surface area contributed by atoms with E-state index in [1.54, 1.807) is 17.8 Å². The van der Waals surface area contributed by atoms with Gasteiger partial charge in [-0.05, 0) is 72.4 Å². The van der Waals surface area contributed by atoms with Gasteiger partial charge in [0.2, 0.25) is 5.91 Å². The second-order valence-corrected chi connectivity index (χ2v) is 10.1. The molecule has 1 fully saturated rings. The highest BCUT2D eigenvalue weighted by Crippen LogP contribution is 2.38. The molecule has 33 heavy (non-hydrogen) atoms. The van der Waals surface area contributed by atoms with Crippen molar-refractivity contribution in [1.29, 1.82) is 0 Å². The van der Waals surface area contributed by atoms with Gasteiger partial charge in [-0.2, -0.15) is 24.9 Å². The van der Waals surface area contributed by atoms with E-state index in [9.17, 15) is 18.0 Å². The number of rotatable bonds is 6. The Labute approximate surface area is 197 Å². The highest BCUT2D eigenvalue weighted by molar-refractivity contribution is 7.99. The second-order valence-electron chi connectivity index (χ2n) is 8.91. The van der Waals surface area contributed by atoms with Gasteiger partial charge in [-0.3, -0.25) is 9.78 Å². The highest BCUT2D eigenvalue weighted by Gasteiger charge is 2.47. The van der Waals surface area contributed by atoms with E-state index in [4.69, 9.17) is 0 Å². The minimum Gasteiger partial charge on any atom is -0.380 e. The number of anilines is 1. The van der Waals surface area contributed by atoms with Crippen molar-refractivity contribution in [2.24, 2.45) is 5.92 Å². The zero-order valence-corrected chi connectivity index (χ0v) is 19.8. The Kier molecular flexibility index (Phi) is 7.22. The standard InChI is InChI=1S/C25H30F3N3OS/c1-3-16-5-4-6-18-13-20(14-21(16)18)30-19-7-8-22(29-15-19)23(25(26,27)28)31(2)24(32)17-9-11-33-12-10-17/h4-8,15,17,20,23,30H,3,9-14H2,1-2H3/t20?,23-/m0/s1. The Morgan fingerprint density at radius 3 is 2.61 bits per heavy atom. The number of pyridine rings is 1. The van der Waals surface area contributed by atoms with Crippen LogP contribution in [0.1, 0.15) is 48.2 Å². The first-order chi connectivity index (χ1) is 15.8. The molecule has 178 valence electrons. The molecule has 1 amide bonds. The second kappa shape index (κ2) is 9.95. The van der Waals surface area contributed by atoms with Crippen molar-refractivity contribution in [2.75, 3.05) is 23.9 Å². The molecule has 0 saturated carbocycles. The summed E-state index contributed by atoms with van der Waals surface area (Å²) in [6, 6.07) is 7.55. The van der Waals surface area contributed by atoms with Crippen LogP contribution in [0, 0.1) is 5.92 Å². The van der Waals surface area contributed by atoms with E-state index in [0.29, 0.717) is 18.5 Å². The number of nitrogens with one attached hydrogen (secondary N) is 1. The Morgan fingerprint density at radius 1 is 1.21 bits per heavy atom. The van der Waals surface area contributed by atoms with Crippen LogP contribution in [0.4, 0.5) is 18.9 Å². The predicted octanol–water partition coefficient (Wildman–Crippen LogP) is 5.43. The molecule has 1 saturated heterocycles. The van der Waals surface area contributed by atoms with E-state index in [2.05, 4.69) is 35.4 Å². The summed E-state index contributed by atoms with van der Waals surface area (Å²) in [5.41, 5.74) is 4.59. The summed E-state index contributed by atoms with van der Waals surface area (Å²) in [7, 11) is 1.25. The lowest BCUT2D eigenvalue weighted by atomic mass is 9.99. The summed E-state index contributed by atoms with van der Waals surface area (Å²) < 4.78 is 41.9. The first kappa shape index (κ1) is 23.9. The fourth-order valence-corrected chi connectivity index (χ4v) is 6.10. The van der Waals surface area contributed by atoms with Crippen LogP contribution in [0.2, 0.25) is 0 Å². The number of benzene rings is 1. The van der Waals surface area contributed by atoms with Gasteiger partial charge >= 0.3 is 6.18 Å². The smallest absolute Gasteiger partial charge is 0.380 e. The third-order valence-electron chi connectivity index (χ3n) is 6.72. The molecule has 1 N–H and O–H groups in total. The van der Waals surface area contributed by atoms with Crippen molar-refractivity contribution in [1.82, 2.24) is 9.88 Å². The lowest BCUT2D eigenvalue weighted by molar-refractivity contribution is -0.191.